The molecule has 1 aliphatic rings. The van der Waals surface area contributed by atoms with Crippen molar-refractivity contribution in [1.82, 2.24) is 19.7 Å². The van der Waals surface area contributed by atoms with Crippen LogP contribution in [0.25, 0.3) is 0 Å². The van der Waals surface area contributed by atoms with Crippen molar-refractivity contribution in [3.8, 4) is 0 Å². The van der Waals surface area contributed by atoms with E-state index in [1.165, 1.54) is 0 Å². The molecule has 0 aliphatic carbocycles. The number of likely N-dealkylation sites (N-methyl/N-ethyl adjacent to an activating group) is 1. The number of aromatic nitrogens is 4. The van der Waals surface area contributed by atoms with Gasteiger partial charge in [0.05, 0.1) is 18.9 Å². The Balaban J connectivity index is 0.00000342. The van der Waals surface area contributed by atoms with E-state index in [1.54, 1.807) is 35.2 Å². The van der Waals surface area contributed by atoms with Gasteiger partial charge in [0.15, 0.2) is 23.3 Å². The van der Waals surface area contributed by atoms with Gasteiger partial charge in [-0.05, 0) is 49.9 Å². The first kappa shape index (κ1) is 26.2. The van der Waals surface area contributed by atoms with Gasteiger partial charge in [-0.15, -0.1) is 0 Å². The molecular formula is C25H31F3N6O. The van der Waals surface area contributed by atoms with Crippen molar-refractivity contribution in [3.05, 3.63) is 65.1 Å². The van der Waals surface area contributed by atoms with Crippen molar-refractivity contribution < 1.29 is 18.0 Å². The highest BCUT2D eigenvalue weighted by molar-refractivity contribution is 6.04. The fourth-order valence-corrected chi connectivity index (χ4v) is 4.30. The van der Waals surface area contributed by atoms with Crippen molar-refractivity contribution in [2.45, 2.75) is 66.1 Å². The molecule has 4 rings (SSSR count). The molecule has 0 bridgehead atoms. The maximum Gasteiger partial charge on any atom is 0.249 e. The molecule has 1 aromatic carbocycles. The van der Waals surface area contributed by atoms with E-state index in [-0.39, 0.29) is 37.5 Å². The minimum Gasteiger partial charge on any atom is -0.340 e. The second-order valence-corrected chi connectivity index (χ2v) is 8.74. The fraction of sp³-hybridized carbons (Fsp3) is 0.440. The Morgan fingerprint density at radius 2 is 1.74 bits per heavy atom. The van der Waals surface area contributed by atoms with E-state index in [0.29, 0.717) is 30.8 Å². The molecule has 0 radical (unpaired) electrons. The van der Waals surface area contributed by atoms with Crippen molar-refractivity contribution in [1.29, 1.82) is 0 Å². The molecule has 0 unspecified atom stereocenters. The number of carbonyl (C=O) groups excluding carboxylic acids is 1. The first-order valence-corrected chi connectivity index (χ1v) is 11.3. The van der Waals surface area contributed by atoms with Gasteiger partial charge < -0.3 is 9.80 Å². The van der Waals surface area contributed by atoms with E-state index in [2.05, 4.69) is 15.0 Å². The largest absolute Gasteiger partial charge is 0.340 e. The first-order valence-electron chi connectivity index (χ1n) is 11.3. The highest BCUT2D eigenvalue weighted by atomic mass is 19.2. The van der Waals surface area contributed by atoms with Gasteiger partial charge in [-0.3, -0.25) is 9.48 Å². The summed E-state index contributed by atoms with van der Waals surface area (Å²) in [7, 11) is 1.75. The van der Waals surface area contributed by atoms with Gasteiger partial charge in [0.1, 0.15) is 17.6 Å². The van der Waals surface area contributed by atoms with Crippen LogP contribution in [-0.4, -0.2) is 44.8 Å². The van der Waals surface area contributed by atoms with Crippen molar-refractivity contribution >= 4 is 17.4 Å². The quantitative estimate of drug-likeness (QED) is 0.457. The van der Waals surface area contributed by atoms with Crippen LogP contribution in [0.3, 0.4) is 0 Å². The summed E-state index contributed by atoms with van der Waals surface area (Å²) in [6.45, 7) is 6.19. The molecule has 35 heavy (non-hydrogen) atoms. The number of aryl methyl sites for hydroxylation is 2. The lowest BCUT2D eigenvalue weighted by Gasteiger charge is -2.42. The molecule has 1 atom stereocenters. The van der Waals surface area contributed by atoms with Crippen LogP contribution in [0.1, 0.15) is 51.6 Å². The number of hydrogen-bond acceptors (Lipinski definition) is 5. The average Bonchev–Trinajstić information content (AvgIpc) is 3.25. The molecule has 0 fully saturated rings. The summed E-state index contributed by atoms with van der Waals surface area (Å²) in [5.41, 5.74) is 1.88. The summed E-state index contributed by atoms with van der Waals surface area (Å²) in [5, 5.41) is 4.24. The van der Waals surface area contributed by atoms with Gasteiger partial charge in [-0.1, -0.05) is 14.4 Å². The molecule has 3 aromatic rings. The predicted octanol–water partition coefficient (Wildman–Crippen LogP) is 4.53. The number of fused-ring (bicyclic) bond motifs is 1. The summed E-state index contributed by atoms with van der Waals surface area (Å²) in [4.78, 5) is 25.7. The van der Waals surface area contributed by atoms with E-state index < -0.39 is 17.5 Å². The zero-order valence-corrected chi connectivity index (χ0v) is 19.6. The summed E-state index contributed by atoms with van der Waals surface area (Å²) < 4.78 is 41.6. The predicted molar refractivity (Wildman–Crippen MR) is 129 cm³/mol. The SMILES string of the molecule is C.CC[C@H]1C(=O)N(C)c2cnc(CCc3cnn(Cc4cc(F)c(F)c(F)c4)c3)nc2N1C(C)C. The molecule has 0 N–H and O–H groups in total. The second-order valence-electron chi connectivity index (χ2n) is 8.74. The highest BCUT2D eigenvalue weighted by Gasteiger charge is 2.38. The van der Waals surface area contributed by atoms with Gasteiger partial charge in [0, 0.05) is 25.7 Å². The van der Waals surface area contributed by atoms with Gasteiger partial charge in [-0.2, -0.15) is 5.10 Å². The zero-order valence-electron chi connectivity index (χ0n) is 19.6. The van der Waals surface area contributed by atoms with Crippen LogP contribution in [0.2, 0.25) is 0 Å². The summed E-state index contributed by atoms with van der Waals surface area (Å²) in [5.74, 6) is -2.48. The third-order valence-electron chi connectivity index (χ3n) is 6.01. The smallest absolute Gasteiger partial charge is 0.249 e. The Labute approximate surface area is 203 Å². The number of benzene rings is 1. The molecule has 2 aromatic heterocycles. The van der Waals surface area contributed by atoms with Gasteiger partial charge in [-0.25, -0.2) is 23.1 Å². The molecule has 0 spiro atoms. The third-order valence-corrected chi connectivity index (χ3v) is 6.01. The summed E-state index contributed by atoms with van der Waals surface area (Å²) in [6, 6.07) is 1.77. The number of anilines is 2. The van der Waals surface area contributed by atoms with Gasteiger partial charge in [0.25, 0.3) is 0 Å². The molecule has 0 saturated carbocycles. The summed E-state index contributed by atoms with van der Waals surface area (Å²) >= 11 is 0. The number of hydrogen-bond donors (Lipinski definition) is 0. The topological polar surface area (TPSA) is 67.2 Å². The second kappa shape index (κ2) is 10.5. The van der Waals surface area contributed by atoms with Crippen LogP contribution < -0.4 is 9.80 Å². The molecule has 7 nitrogen and oxygen atoms in total. The van der Waals surface area contributed by atoms with E-state index >= 15 is 0 Å². The van der Waals surface area contributed by atoms with Crippen LogP contribution in [0.4, 0.5) is 24.7 Å². The maximum absolute atomic E-state index is 13.5. The normalized spacial score (nSPS) is 15.4. The molecule has 1 amide bonds. The monoisotopic (exact) mass is 488 g/mol. The number of nitrogens with zero attached hydrogens (tertiary/aromatic N) is 6. The van der Waals surface area contributed by atoms with Crippen molar-refractivity contribution in [2.24, 2.45) is 0 Å². The number of carbonyl (C=O) groups is 1. The van der Waals surface area contributed by atoms with E-state index in [0.717, 1.165) is 23.5 Å². The van der Waals surface area contributed by atoms with Crippen LogP contribution in [-0.2, 0) is 24.2 Å². The standard InChI is InChI=1S/C24H27F3N6O.CH4/c1-5-19-24(34)31(4)20-11-28-21(30-23(20)33(19)14(2)3)7-6-15-10-29-32(12-15)13-16-8-17(25)22(27)18(26)9-16;/h8-12,14,19H,5-7,13H2,1-4H3;1H4/t19-;/m0./s1. The molecule has 0 saturated heterocycles. The Morgan fingerprint density at radius 3 is 2.37 bits per heavy atom. The van der Waals surface area contributed by atoms with Crippen molar-refractivity contribution in [2.75, 3.05) is 16.8 Å². The minimum absolute atomic E-state index is 0. The Hall–Kier alpha value is -3.43. The number of rotatable bonds is 7. The lowest BCUT2D eigenvalue weighted by atomic mass is 10.1. The van der Waals surface area contributed by atoms with Crippen LogP contribution in [0, 0.1) is 17.5 Å². The lowest BCUT2D eigenvalue weighted by molar-refractivity contribution is -0.120. The number of amides is 1. The molecule has 1 aliphatic heterocycles. The van der Waals surface area contributed by atoms with Gasteiger partial charge in [0.2, 0.25) is 5.91 Å². The molecule has 3 heterocycles. The summed E-state index contributed by atoms with van der Waals surface area (Å²) in [6.07, 6.45) is 6.99. The Bertz CT molecular complexity index is 1190. The Kier molecular flexibility index (Phi) is 7.82. The molecular weight excluding hydrogens is 457 g/mol. The first-order chi connectivity index (χ1) is 16.2. The van der Waals surface area contributed by atoms with Crippen molar-refractivity contribution in [3.63, 3.8) is 0 Å². The van der Waals surface area contributed by atoms with Crippen LogP contribution in [0.5, 0.6) is 0 Å². The van der Waals surface area contributed by atoms with E-state index in [4.69, 9.17) is 4.98 Å². The van der Waals surface area contributed by atoms with E-state index in [9.17, 15) is 18.0 Å². The minimum atomic E-state index is -1.48. The highest BCUT2D eigenvalue weighted by Crippen LogP contribution is 2.35. The van der Waals surface area contributed by atoms with Crippen LogP contribution in [0.15, 0.2) is 30.7 Å². The van der Waals surface area contributed by atoms with Gasteiger partial charge >= 0.3 is 0 Å². The molecule has 10 heteroatoms. The lowest BCUT2D eigenvalue weighted by Crippen LogP contribution is -2.55. The molecule has 188 valence electrons. The van der Waals surface area contributed by atoms with E-state index in [1.807, 2.05) is 20.8 Å². The Morgan fingerprint density at radius 1 is 1.06 bits per heavy atom. The number of halogens is 3. The van der Waals surface area contributed by atoms with Crippen LogP contribution >= 0.6 is 0 Å². The zero-order chi connectivity index (χ0) is 24.6. The third kappa shape index (κ3) is 5.16. The average molecular weight is 489 g/mol. The fourth-order valence-electron chi connectivity index (χ4n) is 4.30. The maximum atomic E-state index is 13.5.